The van der Waals surface area contributed by atoms with Crippen molar-refractivity contribution in [3.63, 3.8) is 0 Å². The molecule has 80 heavy (non-hydrogen) atoms. The second kappa shape index (κ2) is 60.0. The van der Waals surface area contributed by atoms with Crippen LogP contribution in [-0.2, 0) is 18.4 Å². The number of hydrogen-bond donors (Lipinski definition) is 2. The number of aliphatic hydroxyl groups is 1. The predicted octanol–water partition coefficient (Wildman–Crippen LogP) is 19.8. The topological polar surface area (TPSA) is 108 Å². The second-order valence-electron chi connectivity index (χ2n) is 22.4. The molecule has 0 fully saturated rings. The third kappa shape index (κ3) is 62.0. The molecule has 0 bridgehead atoms. The van der Waals surface area contributed by atoms with Gasteiger partial charge in [-0.1, -0.05) is 275 Å². The van der Waals surface area contributed by atoms with Crippen LogP contribution in [0.1, 0.15) is 245 Å². The molecule has 3 atom stereocenters. The Morgan fingerprint density at radius 1 is 0.450 bits per heavy atom. The average molecular weight is 1130 g/mol. The number of amides is 1. The standard InChI is InChI=1S/C71H121N2O6P/c1-6-8-10-12-14-16-18-20-22-24-26-28-29-30-31-32-33-34-35-36-37-38-39-40-41-42-43-45-47-49-51-53-55-57-59-61-63-65-71(75)72-69(68-79-80(76,77)78-67-66-73(3,4)5)70(74)64-62-60-58-56-54-52-50-48-46-44-27-25-23-21-19-17-15-13-11-9-7-2/h8,10,14,16,20,22,26,28,30-31,33-34,36-37,39-40,42-43,47,49,54,56,62,64,69-70,74H,6-7,9,11-13,15,17-19,21,23-25,27,29,32,35,38,41,44-46,48,50-53,55,57-61,63,65-68H2,1-5H3,(H-,72,75,76,77)/b10-8-,16-14-,22-20-,28-26-,31-30-,34-33-,37-36-,40-39-,43-42-,49-47-,56-54+,64-62+. The Kier molecular flexibility index (Phi) is 57.3. The van der Waals surface area contributed by atoms with E-state index in [1.807, 2.05) is 27.2 Å². The van der Waals surface area contributed by atoms with Gasteiger partial charge in [-0.05, 0) is 109 Å². The Bertz CT molecular complexity index is 1810. The summed E-state index contributed by atoms with van der Waals surface area (Å²) in [5.41, 5.74) is 0. The van der Waals surface area contributed by atoms with Gasteiger partial charge in [-0.25, -0.2) is 0 Å². The van der Waals surface area contributed by atoms with Crippen molar-refractivity contribution < 1.29 is 32.9 Å². The van der Waals surface area contributed by atoms with E-state index in [0.29, 0.717) is 17.4 Å². The van der Waals surface area contributed by atoms with Gasteiger partial charge in [0.1, 0.15) is 13.2 Å². The summed E-state index contributed by atoms with van der Waals surface area (Å²) >= 11 is 0. The Balaban J connectivity index is 4.25. The van der Waals surface area contributed by atoms with Crippen LogP contribution >= 0.6 is 7.82 Å². The van der Waals surface area contributed by atoms with E-state index in [4.69, 9.17) is 9.05 Å². The van der Waals surface area contributed by atoms with Gasteiger partial charge in [-0.15, -0.1) is 0 Å². The Morgan fingerprint density at radius 3 is 1.16 bits per heavy atom. The molecule has 9 heteroatoms. The van der Waals surface area contributed by atoms with Crippen molar-refractivity contribution in [1.29, 1.82) is 0 Å². The number of nitrogens with zero attached hydrogens (tertiary/aromatic N) is 1. The summed E-state index contributed by atoms with van der Waals surface area (Å²) in [5.74, 6) is -0.227. The average Bonchev–Trinajstić information content (AvgIpc) is 3.42. The third-order valence-electron chi connectivity index (χ3n) is 13.5. The minimum Gasteiger partial charge on any atom is -0.756 e. The SMILES string of the molecule is CC/C=C\C/C=C\C/C=C\C/C=C\C/C=C\C/C=C\C/C=C\C/C=C\C/C=C\C/C=C\CCCCCCCCC(=O)NC(COP(=O)([O-])OCC[N+](C)(C)C)C(O)/C=C/CC/C=C/CCCCCCCCCCCCCCCCC. The zero-order valence-electron chi connectivity index (χ0n) is 52.0. The first-order valence-corrected chi connectivity index (χ1v) is 33.7. The lowest BCUT2D eigenvalue weighted by Crippen LogP contribution is -2.45. The predicted molar refractivity (Wildman–Crippen MR) is 348 cm³/mol. The van der Waals surface area contributed by atoms with Crippen molar-refractivity contribution in [2.24, 2.45) is 0 Å². The lowest BCUT2D eigenvalue weighted by molar-refractivity contribution is -0.870. The van der Waals surface area contributed by atoms with Crippen molar-refractivity contribution in [2.45, 2.75) is 257 Å². The molecule has 2 N–H and O–H groups in total. The summed E-state index contributed by atoms with van der Waals surface area (Å²) in [4.78, 5) is 25.6. The maximum absolute atomic E-state index is 13.0. The molecular formula is C71H121N2O6P. The van der Waals surface area contributed by atoms with Crippen LogP contribution in [0, 0.1) is 0 Å². The molecule has 0 aromatic rings. The van der Waals surface area contributed by atoms with Gasteiger partial charge in [0, 0.05) is 6.42 Å². The van der Waals surface area contributed by atoms with E-state index in [1.54, 1.807) is 6.08 Å². The van der Waals surface area contributed by atoms with Crippen LogP contribution in [0.3, 0.4) is 0 Å². The molecule has 0 saturated heterocycles. The summed E-state index contributed by atoms with van der Waals surface area (Å²) < 4.78 is 23.4. The van der Waals surface area contributed by atoms with E-state index in [0.717, 1.165) is 128 Å². The lowest BCUT2D eigenvalue weighted by Gasteiger charge is -2.29. The van der Waals surface area contributed by atoms with E-state index in [2.05, 4.69) is 153 Å². The summed E-state index contributed by atoms with van der Waals surface area (Å²) in [6, 6.07) is -0.923. The quantitative estimate of drug-likeness (QED) is 0.0272. The number of nitrogens with one attached hydrogen (secondary N) is 1. The minimum atomic E-state index is -4.62. The highest BCUT2D eigenvalue weighted by Gasteiger charge is 2.23. The second-order valence-corrected chi connectivity index (χ2v) is 23.8. The highest BCUT2D eigenvalue weighted by Crippen LogP contribution is 2.38. The summed E-state index contributed by atoms with van der Waals surface area (Å²) in [5, 5.41) is 13.9. The van der Waals surface area contributed by atoms with Crippen LogP contribution in [0.2, 0.25) is 0 Å². The number of likely N-dealkylation sites (N-methyl/N-ethyl adjacent to an activating group) is 1. The largest absolute Gasteiger partial charge is 0.756 e. The molecule has 456 valence electrons. The molecule has 0 aromatic carbocycles. The number of phosphoric ester groups is 1. The van der Waals surface area contributed by atoms with Crippen LogP contribution < -0.4 is 10.2 Å². The molecule has 0 spiro atoms. The van der Waals surface area contributed by atoms with Crippen molar-refractivity contribution in [2.75, 3.05) is 40.9 Å². The lowest BCUT2D eigenvalue weighted by atomic mass is 10.0. The van der Waals surface area contributed by atoms with Gasteiger partial charge in [-0.3, -0.25) is 9.36 Å². The fourth-order valence-electron chi connectivity index (χ4n) is 8.55. The normalized spacial score (nSPS) is 14.7. The summed E-state index contributed by atoms with van der Waals surface area (Å²) in [6.45, 7) is 4.50. The van der Waals surface area contributed by atoms with E-state index >= 15 is 0 Å². The molecule has 0 rings (SSSR count). The van der Waals surface area contributed by atoms with Gasteiger partial charge in [-0.2, -0.15) is 0 Å². The zero-order chi connectivity index (χ0) is 58.4. The van der Waals surface area contributed by atoms with Crippen LogP contribution in [0.15, 0.2) is 146 Å². The van der Waals surface area contributed by atoms with Gasteiger partial charge in [0.25, 0.3) is 7.82 Å². The van der Waals surface area contributed by atoms with Crippen molar-refractivity contribution in [1.82, 2.24) is 5.32 Å². The first-order chi connectivity index (χ1) is 39.0. The number of unbranched alkanes of at least 4 members (excludes halogenated alkanes) is 22. The molecule has 0 aliphatic rings. The number of quaternary nitrogens is 1. The Labute approximate surface area is 493 Å². The molecule has 3 unspecified atom stereocenters. The third-order valence-corrected chi connectivity index (χ3v) is 14.5. The van der Waals surface area contributed by atoms with Crippen LogP contribution in [0.4, 0.5) is 0 Å². The first kappa shape index (κ1) is 76.4. The maximum atomic E-state index is 13.0. The number of allylic oxidation sites excluding steroid dienone is 23. The molecule has 1 amide bonds. The smallest absolute Gasteiger partial charge is 0.268 e. The van der Waals surface area contributed by atoms with E-state index < -0.39 is 26.6 Å². The van der Waals surface area contributed by atoms with E-state index in [-0.39, 0.29) is 12.5 Å². The molecule has 0 radical (unpaired) electrons. The number of hydrogen-bond acceptors (Lipinski definition) is 6. The van der Waals surface area contributed by atoms with Crippen molar-refractivity contribution >= 4 is 13.7 Å². The number of carbonyl (C=O) groups excluding carboxylic acids is 1. The van der Waals surface area contributed by atoms with Gasteiger partial charge in [0.15, 0.2) is 0 Å². The highest BCUT2D eigenvalue weighted by molar-refractivity contribution is 7.45. The maximum Gasteiger partial charge on any atom is 0.268 e. The van der Waals surface area contributed by atoms with Crippen molar-refractivity contribution in [3.8, 4) is 0 Å². The molecule has 0 aliphatic heterocycles. The Hall–Kier alpha value is -3.62. The number of rotatable bonds is 57. The van der Waals surface area contributed by atoms with Crippen LogP contribution in [0.25, 0.3) is 0 Å². The fraction of sp³-hybridized carbons (Fsp3) is 0.648. The van der Waals surface area contributed by atoms with Gasteiger partial charge in [0.2, 0.25) is 5.91 Å². The van der Waals surface area contributed by atoms with Gasteiger partial charge >= 0.3 is 0 Å². The number of phosphoric acid groups is 1. The van der Waals surface area contributed by atoms with Crippen LogP contribution in [-0.4, -0.2) is 68.5 Å². The van der Waals surface area contributed by atoms with Gasteiger partial charge in [0.05, 0.1) is 39.9 Å². The molecule has 8 nitrogen and oxygen atoms in total. The minimum absolute atomic E-state index is 0.0170. The fourth-order valence-corrected chi connectivity index (χ4v) is 9.27. The number of aliphatic hydroxyl groups excluding tert-OH is 1. The molecule has 0 aromatic heterocycles. The summed E-state index contributed by atoms with van der Waals surface area (Å²) in [6.07, 6.45) is 92.3. The Morgan fingerprint density at radius 2 is 0.775 bits per heavy atom. The first-order valence-electron chi connectivity index (χ1n) is 32.2. The molecule has 0 heterocycles. The monoisotopic (exact) mass is 1130 g/mol. The number of carbonyl (C=O) groups is 1. The summed E-state index contributed by atoms with van der Waals surface area (Å²) in [7, 11) is 1.21. The molecular weight excluding hydrogens is 1010 g/mol. The van der Waals surface area contributed by atoms with Crippen molar-refractivity contribution in [3.05, 3.63) is 146 Å². The zero-order valence-corrected chi connectivity index (χ0v) is 52.9. The highest BCUT2D eigenvalue weighted by atomic mass is 31.2. The van der Waals surface area contributed by atoms with E-state index in [1.165, 1.54) is 96.3 Å². The van der Waals surface area contributed by atoms with Crippen LogP contribution in [0.5, 0.6) is 0 Å². The molecule has 0 aliphatic carbocycles. The molecule has 0 saturated carbocycles. The van der Waals surface area contributed by atoms with Gasteiger partial charge < -0.3 is 28.8 Å². The van der Waals surface area contributed by atoms with E-state index in [9.17, 15) is 19.4 Å².